The fraction of sp³-hybridized carbons (Fsp3) is 0.308. The molecule has 6 heteroatoms. The molecular weight excluding hydrogens is 355 g/mol. The van der Waals surface area contributed by atoms with Crippen LogP contribution in [0.25, 0.3) is 10.9 Å². The van der Waals surface area contributed by atoms with Crippen LogP contribution in [0.15, 0.2) is 18.2 Å². The van der Waals surface area contributed by atoms with Crippen LogP contribution < -0.4 is 5.73 Å². The van der Waals surface area contributed by atoms with E-state index in [2.05, 4.69) is 32.6 Å². The zero-order valence-corrected chi connectivity index (χ0v) is 13.0. The SMILES string of the molecule is CCCN(C)C(=O)c1nc(N)nc2ccc(I)cc12. The van der Waals surface area contributed by atoms with Crippen LogP contribution in [0.5, 0.6) is 0 Å². The van der Waals surface area contributed by atoms with Gasteiger partial charge in [-0.2, -0.15) is 0 Å². The van der Waals surface area contributed by atoms with E-state index in [1.54, 1.807) is 11.9 Å². The number of aromatic nitrogens is 2. The fourth-order valence-corrected chi connectivity index (χ4v) is 2.39. The van der Waals surface area contributed by atoms with Crippen molar-refractivity contribution in [3.05, 3.63) is 27.5 Å². The highest BCUT2D eigenvalue weighted by Gasteiger charge is 2.17. The molecule has 0 unspecified atom stereocenters. The summed E-state index contributed by atoms with van der Waals surface area (Å²) in [4.78, 5) is 22.3. The first kappa shape index (κ1) is 14.0. The van der Waals surface area contributed by atoms with Crippen LogP contribution >= 0.6 is 22.6 Å². The van der Waals surface area contributed by atoms with Gasteiger partial charge in [0, 0.05) is 22.5 Å². The molecule has 0 bridgehead atoms. The highest BCUT2D eigenvalue weighted by molar-refractivity contribution is 14.1. The second kappa shape index (κ2) is 5.68. The van der Waals surface area contributed by atoms with E-state index in [-0.39, 0.29) is 11.9 Å². The molecule has 5 nitrogen and oxygen atoms in total. The molecule has 0 saturated heterocycles. The zero-order valence-electron chi connectivity index (χ0n) is 10.9. The normalized spacial score (nSPS) is 10.7. The molecule has 0 aliphatic rings. The minimum absolute atomic E-state index is 0.122. The van der Waals surface area contributed by atoms with E-state index in [0.717, 1.165) is 15.4 Å². The standard InChI is InChI=1S/C13H15IN4O/c1-3-6-18(2)12(19)11-9-7-8(14)4-5-10(9)16-13(15)17-11/h4-5,7H,3,6H2,1-2H3,(H2,15,16,17). The van der Waals surface area contributed by atoms with Crippen molar-refractivity contribution in [2.45, 2.75) is 13.3 Å². The van der Waals surface area contributed by atoms with Crippen LogP contribution in [0, 0.1) is 3.57 Å². The Balaban J connectivity index is 2.58. The van der Waals surface area contributed by atoms with Crippen LogP contribution in [-0.4, -0.2) is 34.4 Å². The summed E-state index contributed by atoms with van der Waals surface area (Å²) < 4.78 is 1.03. The zero-order chi connectivity index (χ0) is 14.0. The van der Waals surface area contributed by atoms with E-state index in [9.17, 15) is 4.79 Å². The molecule has 0 atom stereocenters. The van der Waals surface area contributed by atoms with Gasteiger partial charge >= 0.3 is 0 Å². The maximum Gasteiger partial charge on any atom is 0.273 e. The number of hydrogen-bond donors (Lipinski definition) is 1. The van der Waals surface area contributed by atoms with Crippen molar-refractivity contribution in [1.29, 1.82) is 0 Å². The van der Waals surface area contributed by atoms with E-state index in [4.69, 9.17) is 5.73 Å². The van der Waals surface area contributed by atoms with Crippen molar-refractivity contribution < 1.29 is 4.79 Å². The molecule has 1 amide bonds. The van der Waals surface area contributed by atoms with Crippen molar-refractivity contribution in [1.82, 2.24) is 14.9 Å². The molecule has 1 aromatic heterocycles. The number of anilines is 1. The third-order valence-electron chi connectivity index (χ3n) is 2.78. The molecule has 0 radical (unpaired) electrons. The third-order valence-corrected chi connectivity index (χ3v) is 3.45. The van der Waals surface area contributed by atoms with Crippen LogP contribution in [0.2, 0.25) is 0 Å². The smallest absolute Gasteiger partial charge is 0.273 e. The lowest BCUT2D eigenvalue weighted by atomic mass is 10.1. The predicted molar refractivity (Wildman–Crippen MR) is 83.9 cm³/mol. The molecule has 0 saturated carbocycles. The molecule has 0 aliphatic heterocycles. The van der Waals surface area contributed by atoms with Crippen LogP contribution in [0.1, 0.15) is 23.8 Å². The average Bonchev–Trinajstić information content (AvgIpc) is 2.38. The summed E-state index contributed by atoms with van der Waals surface area (Å²) >= 11 is 2.20. The van der Waals surface area contributed by atoms with Gasteiger partial charge in [-0.15, -0.1) is 0 Å². The number of amides is 1. The van der Waals surface area contributed by atoms with Gasteiger partial charge in [-0.3, -0.25) is 4.79 Å². The number of hydrogen-bond acceptors (Lipinski definition) is 4. The van der Waals surface area contributed by atoms with Crippen LogP contribution in [0.3, 0.4) is 0 Å². The molecule has 2 aromatic rings. The first-order valence-corrected chi connectivity index (χ1v) is 7.09. The molecule has 2 rings (SSSR count). The van der Waals surface area contributed by atoms with Crippen LogP contribution in [0.4, 0.5) is 5.95 Å². The Kier molecular flexibility index (Phi) is 4.18. The summed E-state index contributed by atoms with van der Waals surface area (Å²) in [5.74, 6) is 0.00454. The highest BCUT2D eigenvalue weighted by Crippen LogP contribution is 2.20. The van der Waals surface area contributed by atoms with E-state index in [1.165, 1.54) is 0 Å². The van der Waals surface area contributed by atoms with Crippen molar-refractivity contribution in [2.75, 3.05) is 19.3 Å². The number of carbonyl (C=O) groups is 1. The quantitative estimate of drug-likeness (QED) is 0.842. The summed E-state index contributed by atoms with van der Waals surface area (Å²) in [6.07, 6.45) is 0.901. The Hall–Kier alpha value is -1.44. The number of nitrogens with zero attached hydrogens (tertiary/aromatic N) is 3. The number of nitrogen functional groups attached to an aromatic ring is 1. The van der Waals surface area contributed by atoms with Gasteiger partial charge in [0.1, 0.15) is 5.69 Å². The Morgan fingerprint density at radius 3 is 2.84 bits per heavy atom. The van der Waals surface area contributed by atoms with Crippen molar-refractivity contribution in [3.63, 3.8) is 0 Å². The van der Waals surface area contributed by atoms with Gasteiger partial charge in [0.2, 0.25) is 5.95 Å². The number of rotatable bonds is 3. The molecule has 0 spiro atoms. The Morgan fingerprint density at radius 1 is 1.42 bits per heavy atom. The number of halogens is 1. The second-order valence-corrected chi connectivity index (χ2v) is 5.56. The summed E-state index contributed by atoms with van der Waals surface area (Å²) in [5, 5.41) is 0.744. The highest BCUT2D eigenvalue weighted by atomic mass is 127. The maximum absolute atomic E-state index is 12.4. The molecule has 0 fully saturated rings. The fourth-order valence-electron chi connectivity index (χ4n) is 1.90. The molecule has 2 N–H and O–H groups in total. The Morgan fingerprint density at radius 2 is 2.16 bits per heavy atom. The Labute approximate surface area is 125 Å². The molecular formula is C13H15IN4O. The van der Waals surface area contributed by atoms with Crippen molar-refractivity contribution in [2.24, 2.45) is 0 Å². The van der Waals surface area contributed by atoms with Gasteiger partial charge in [0.15, 0.2) is 0 Å². The third kappa shape index (κ3) is 2.94. The summed E-state index contributed by atoms with van der Waals surface area (Å²) in [7, 11) is 1.77. The first-order valence-electron chi connectivity index (χ1n) is 6.01. The van der Waals surface area contributed by atoms with Crippen molar-refractivity contribution >= 4 is 45.3 Å². The molecule has 19 heavy (non-hydrogen) atoms. The molecule has 0 aliphatic carbocycles. The minimum atomic E-state index is -0.122. The first-order chi connectivity index (χ1) is 9.02. The summed E-state index contributed by atoms with van der Waals surface area (Å²) in [5.41, 5.74) is 6.75. The topological polar surface area (TPSA) is 72.1 Å². The molecule has 100 valence electrons. The number of nitrogens with two attached hydrogens (primary N) is 1. The lowest BCUT2D eigenvalue weighted by Gasteiger charge is -2.16. The van der Waals surface area contributed by atoms with Gasteiger partial charge in [-0.25, -0.2) is 9.97 Å². The van der Waals surface area contributed by atoms with E-state index in [0.29, 0.717) is 17.8 Å². The Bertz CT molecular complexity index is 629. The number of benzene rings is 1. The van der Waals surface area contributed by atoms with Gasteiger partial charge in [-0.1, -0.05) is 6.92 Å². The number of carbonyl (C=O) groups excluding carboxylic acids is 1. The number of fused-ring (bicyclic) bond motifs is 1. The van der Waals surface area contributed by atoms with Gasteiger partial charge in [0.25, 0.3) is 5.91 Å². The van der Waals surface area contributed by atoms with Gasteiger partial charge in [-0.05, 0) is 47.2 Å². The van der Waals surface area contributed by atoms with E-state index in [1.807, 2.05) is 25.1 Å². The second-order valence-electron chi connectivity index (χ2n) is 4.32. The summed E-state index contributed by atoms with van der Waals surface area (Å²) in [6, 6.07) is 5.69. The summed E-state index contributed by atoms with van der Waals surface area (Å²) in [6.45, 7) is 2.72. The minimum Gasteiger partial charge on any atom is -0.368 e. The largest absolute Gasteiger partial charge is 0.368 e. The monoisotopic (exact) mass is 370 g/mol. The maximum atomic E-state index is 12.4. The molecule has 1 aromatic carbocycles. The van der Waals surface area contributed by atoms with E-state index < -0.39 is 0 Å². The average molecular weight is 370 g/mol. The predicted octanol–water partition coefficient (Wildman–Crippen LogP) is 2.30. The van der Waals surface area contributed by atoms with Crippen LogP contribution in [-0.2, 0) is 0 Å². The van der Waals surface area contributed by atoms with Gasteiger partial charge < -0.3 is 10.6 Å². The molecule has 1 heterocycles. The van der Waals surface area contributed by atoms with E-state index >= 15 is 0 Å². The lowest BCUT2D eigenvalue weighted by Crippen LogP contribution is -2.28. The lowest BCUT2D eigenvalue weighted by molar-refractivity contribution is 0.0791. The van der Waals surface area contributed by atoms with Gasteiger partial charge in [0.05, 0.1) is 5.52 Å². The van der Waals surface area contributed by atoms with Crippen molar-refractivity contribution in [3.8, 4) is 0 Å².